The highest BCUT2D eigenvalue weighted by Crippen LogP contribution is 2.65. The predicted molar refractivity (Wildman–Crippen MR) is 151 cm³/mol. The summed E-state index contributed by atoms with van der Waals surface area (Å²) in [5, 5.41) is 15.0. The maximum Gasteiger partial charge on any atom is 0.235 e. The highest BCUT2D eigenvalue weighted by atomic mass is 16.5. The molecule has 1 saturated carbocycles. The zero-order valence-corrected chi connectivity index (χ0v) is 22.8. The van der Waals surface area contributed by atoms with E-state index in [0.717, 1.165) is 45.7 Å². The van der Waals surface area contributed by atoms with Crippen LogP contribution in [0.4, 0.5) is 23.1 Å². The Balaban J connectivity index is 1.17. The van der Waals surface area contributed by atoms with Crippen molar-refractivity contribution in [3.05, 3.63) is 53.9 Å². The second-order valence-corrected chi connectivity index (χ2v) is 10.8. The monoisotopic (exact) mass is 541 g/mol. The molecule has 40 heavy (non-hydrogen) atoms. The van der Waals surface area contributed by atoms with Gasteiger partial charge >= 0.3 is 0 Å². The first kappa shape index (κ1) is 24.6. The average Bonchev–Trinajstić information content (AvgIpc) is 3.50. The van der Waals surface area contributed by atoms with Crippen molar-refractivity contribution in [2.75, 3.05) is 42.8 Å². The lowest BCUT2D eigenvalue weighted by Crippen LogP contribution is -2.46. The molecule has 11 heteroatoms. The number of rotatable bonds is 6. The highest BCUT2D eigenvalue weighted by Gasteiger charge is 2.65. The van der Waals surface area contributed by atoms with E-state index in [2.05, 4.69) is 61.7 Å². The molecule has 2 fully saturated rings. The number of carbonyl (C=O) groups is 1. The third-order valence-electron chi connectivity index (χ3n) is 8.26. The van der Waals surface area contributed by atoms with Crippen LogP contribution in [0.25, 0.3) is 10.9 Å². The Morgan fingerprint density at radius 2 is 1.88 bits per heavy atom. The maximum absolute atomic E-state index is 13.1. The fraction of sp³-hybridized carbons (Fsp3) is 0.379. The van der Waals surface area contributed by atoms with Crippen LogP contribution in [0.3, 0.4) is 0 Å². The first-order chi connectivity index (χ1) is 19.4. The molecular weight excluding hydrogens is 510 g/mol. The Labute approximate surface area is 231 Å². The Kier molecular flexibility index (Phi) is 5.60. The summed E-state index contributed by atoms with van der Waals surface area (Å²) in [4.78, 5) is 24.2. The van der Waals surface area contributed by atoms with Gasteiger partial charge in [0.2, 0.25) is 11.7 Å². The molecule has 0 bridgehead atoms. The van der Waals surface area contributed by atoms with Gasteiger partial charge in [-0.1, -0.05) is 6.07 Å². The fourth-order valence-electron chi connectivity index (χ4n) is 6.38. The summed E-state index contributed by atoms with van der Waals surface area (Å²) in [7, 11) is 3.26. The molecule has 1 saturated heterocycles. The lowest BCUT2D eigenvalue weighted by Gasteiger charge is -2.36. The van der Waals surface area contributed by atoms with Crippen LogP contribution in [0.5, 0.6) is 11.5 Å². The van der Waals surface area contributed by atoms with Crippen molar-refractivity contribution in [1.82, 2.24) is 20.2 Å². The summed E-state index contributed by atoms with van der Waals surface area (Å²) in [5.74, 6) is 3.31. The molecule has 1 spiro atoms. The quantitative estimate of drug-likeness (QED) is 0.331. The van der Waals surface area contributed by atoms with Gasteiger partial charge in [0.25, 0.3) is 0 Å². The van der Waals surface area contributed by atoms with Crippen molar-refractivity contribution < 1.29 is 19.0 Å². The number of methoxy groups -OCH3 is 2. The number of benzene rings is 2. The zero-order valence-electron chi connectivity index (χ0n) is 22.8. The molecule has 3 aliphatic rings. The van der Waals surface area contributed by atoms with Crippen LogP contribution in [0.1, 0.15) is 37.3 Å². The summed E-state index contributed by atoms with van der Waals surface area (Å²) in [6.45, 7) is 5.53. The van der Waals surface area contributed by atoms with Gasteiger partial charge in [0.1, 0.15) is 12.1 Å². The van der Waals surface area contributed by atoms with Gasteiger partial charge in [-0.25, -0.2) is 9.97 Å². The van der Waals surface area contributed by atoms with E-state index in [4.69, 9.17) is 14.2 Å². The summed E-state index contributed by atoms with van der Waals surface area (Å²) < 4.78 is 17.1. The first-order valence-electron chi connectivity index (χ1n) is 13.5. The SMILES string of the molecule is COc1ccc2c(c1)[C@]1(C[C@H]1c1ccc3c(Nc4ncnc(N5C[C@@H](C)O[C@@H](C)C5)c4OC)n[nH]c3c1)C(=O)N2. The number of ether oxygens (including phenoxy) is 3. The molecule has 4 aromatic rings. The zero-order chi connectivity index (χ0) is 27.6. The molecule has 1 amide bonds. The van der Waals surface area contributed by atoms with Gasteiger partial charge < -0.3 is 29.7 Å². The second kappa shape index (κ2) is 9.09. The molecule has 206 valence electrons. The van der Waals surface area contributed by atoms with Gasteiger partial charge in [-0.2, -0.15) is 5.10 Å². The number of amides is 1. The smallest absolute Gasteiger partial charge is 0.235 e. The van der Waals surface area contributed by atoms with E-state index in [9.17, 15) is 4.79 Å². The molecule has 0 radical (unpaired) electrons. The van der Waals surface area contributed by atoms with E-state index >= 15 is 0 Å². The third-order valence-corrected chi connectivity index (χ3v) is 8.26. The third kappa shape index (κ3) is 3.75. The van der Waals surface area contributed by atoms with Crippen molar-refractivity contribution >= 4 is 40.0 Å². The van der Waals surface area contributed by atoms with Gasteiger partial charge in [0.05, 0.1) is 37.4 Å². The lowest BCUT2D eigenvalue weighted by molar-refractivity contribution is -0.118. The van der Waals surface area contributed by atoms with E-state index < -0.39 is 5.41 Å². The fourth-order valence-corrected chi connectivity index (χ4v) is 6.38. The predicted octanol–water partition coefficient (Wildman–Crippen LogP) is 4.10. The highest BCUT2D eigenvalue weighted by molar-refractivity contribution is 6.10. The average molecular weight is 542 g/mol. The molecule has 7 rings (SSSR count). The second-order valence-electron chi connectivity index (χ2n) is 10.8. The van der Waals surface area contributed by atoms with E-state index in [1.54, 1.807) is 14.2 Å². The van der Waals surface area contributed by atoms with Crippen LogP contribution in [-0.2, 0) is 14.9 Å². The van der Waals surface area contributed by atoms with Crippen LogP contribution >= 0.6 is 0 Å². The van der Waals surface area contributed by atoms with E-state index in [-0.39, 0.29) is 24.0 Å². The van der Waals surface area contributed by atoms with Crippen LogP contribution in [-0.4, -0.2) is 65.6 Å². The number of nitrogens with one attached hydrogen (secondary N) is 3. The van der Waals surface area contributed by atoms with Crippen LogP contribution in [0.15, 0.2) is 42.7 Å². The molecule has 1 aliphatic carbocycles. The number of fused-ring (bicyclic) bond motifs is 3. The summed E-state index contributed by atoms with van der Waals surface area (Å²) in [6.07, 6.45) is 2.45. The Hall–Kier alpha value is -4.38. The van der Waals surface area contributed by atoms with E-state index in [0.29, 0.717) is 30.5 Å². The topological polar surface area (TPSA) is 127 Å². The van der Waals surface area contributed by atoms with Crippen molar-refractivity contribution in [3.8, 4) is 11.5 Å². The van der Waals surface area contributed by atoms with Crippen LogP contribution in [0, 0.1) is 0 Å². The van der Waals surface area contributed by atoms with E-state index in [1.165, 1.54) is 6.33 Å². The van der Waals surface area contributed by atoms with Crippen LogP contribution in [0.2, 0.25) is 0 Å². The van der Waals surface area contributed by atoms with Gasteiger partial charge in [0, 0.05) is 30.1 Å². The number of morpholine rings is 1. The Bertz CT molecular complexity index is 1630. The summed E-state index contributed by atoms with van der Waals surface area (Å²) >= 11 is 0. The number of aromatic amines is 1. The lowest BCUT2D eigenvalue weighted by atomic mass is 9.91. The number of nitrogens with zero attached hydrogens (tertiary/aromatic N) is 4. The number of hydrogen-bond acceptors (Lipinski definition) is 9. The van der Waals surface area contributed by atoms with Crippen LogP contribution < -0.4 is 25.0 Å². The number of carbonyl (C=O) groups excluding carboxylic acids is 1. The minimum atomic E-state index is -0.558. The van der Waals surface area contributed by atoms with Crippen molar-refractivity contribution in [2.24, 2.45) is 0 Å². The standard InChI is InChI=1S/C29H31N7O4/c1-15-12-36(13-16(2)40-15)27-24(39-4)26(30-14-31-27)33-25-19-7-5-17(9-23(19)34-35-25)21-11-29(21)20-10-18(38-3)6-8-22(20)32-28(29)37/h5-10,14-16,21H,11-13H2,1-4H3,(H,32,37)(H2,30,31,33,34,35)/t15-,16+,21-,29-/m0/s1. The number of hydrogen-bond donors (Lipinski definition) is 3. The number of anilines is 4. The molecule has 3 N–H and O–H groups in total. The normalized spacial score (nSPS) is 25.1. The molecule has 11 nitrogen and oxygen atoms in total. The minimum absolute atomic E-state index is 0.0449. The van der Waals surface area contributed by atoms with Crippen molar-refractivity contribution in [2.45, 2.75) is 43.8 Å². The van der Waals surface area contributed by atoms with E-state index in [1.807, 2.05) is 24.3 Å². The molecule has 2 aromatic carbocycles. The Morgan fingerprint density at radius 3 is 2.65 bits per heavy atom. The Morgan fingerprint density at radius 1 is 1.05 bits per heavy atom. The van der Waals surface area contributed by atoms with Gasteiger partial charge in [0.15, 0.2) is 17.5 Å². The minimum Gasteiger partial charge on any atom is -0.497 e. The molecule has 2 aliphatic heterocycles. The molecule has 4 heterocycles. The van der Waals surface area contributed by atoms with Crippen molar-refractivity contribution in [3.63, 3.8) is 0 Å². The molecule has 2 aromatic heterocycles. The largest absolute Gasteiger partial charge is 0.497 e. The maximum atomic E-state index is 13.1. The van der Waals surface area contributed by atoms with Crippen molar-refractivity contribution in [1.29, 1.82) is 0 Å². The number of H-pyrrole nitrogens is 1. The van der Waals surface area contributed by atoms with Gasteiger partial charge in [-0.05, 0) is 61.7 Å². The molecular formula is C29H31N7O4. The summed E-state index contributed by atoms with van der Waals surface area (Å²) in [5.41, 5.74) is 3.27. The number of aromatic nitrogens is 4. The van der Waals surface area contributed by atoms with Gasteiger partial charge in [-0.15, -0.1) is 0 Å². The summed E-state index contributed by atoms with van der Waals surface area (Å²) in [6, 6.07) is 12.0. The molecule has 4 atom stereocenters. The first-order valence-corrected chi connectivity index (χ1v) is 13.5. The molecule has 0 unspecified atom stereocenters. The van der Waals surface area contributed by atoms with Gasteiger partial charge in [-0.3, -0.25) is 9.89 Å².